The fourth-order valence-electron chi connectivity index (χ4n) is 1.39. The number of nitrogens with one attached hydrogen (secondary N) is 1. The Morgan fingerprint density at radius 1 is 1.35 bits per heavy atom. The molecular formula is C12H12N2O3. The first-order valence-corrected chi connectivity index (χ1v) is 5.20. The third kappa shape index (κ3) is 3.07. The van der Waals surface area contributed by atoms with E-state index in [2.05, 4.69) is 9.97 Å². The molecule has 1 aromatic carbocycles. The first kappa shape index (κ1) is 11.2. The zero-order valence-electron chi connectivity index (χ0n) is 9.09. The van der Waals surface area contributed by atoms with E-state index < -0.39 is 5.97 Å². The highest BCUT2D eigenvalue weighted by Gasteiger charge is 2.02. The Hall–Kier alpha value is -2.30. The van der Waals surface area contributed by atoms with E-state index in [9.17, 15) is 4.79 Å². The summed E-state index contributed by atoms with van der Waals surface area (Å²) in [5.74, 6) is 0.584. The molecule has 0 unspecified atom stereocenters. The normalized spacial score (nSPS) is 10.1. The van der Waals surface area contributed by atoms with E-state index in [1.165, 1.54) is 12.1 Å². The second kappa shape index (κ2) is 5.16. The molecule has 0 aliphatic carbocycles. The van der Waals surface area contributed by atoms with Gasteiger partial charge in [-0.1, -0.05) is 0 Å². The smallest absolute Gasteiger partial charge is 0.335 e. The summed E-state index contributed by atoms with van der Waals surface area (Å²) in [6.07, 6.45) is 4.14. The van der Waals surface area contributed by atoms with Crippen LogP contribution < -0.4 is 4.74 Å². The molecule has 0 saturated carbocycles. The van der Waals surface area contributed by atoms with Crippen molar-refractivity contribution >= 4 is 5.97 Å². The van der Waals surface area contributed by atoms with Gasteiger partial charge in [-0.15, -0.1) is 0 Å². The lowest BCUT2D eigenvalue weighted by Crippen LogP contribution is -2.03. The number of nitrogens with zero attached hydrogens (tertiary/aromatic N) is 1. The number of aromatic nitrogens is 2. The molecule has 0 fully saturated rings. The van der Waals surface area contributed by atoms with Gasteiger partial charge in [0, 0.05) is 18.8 Å². The summed E-state index contributed by atoms with van der Waals surface area (Å²) in [5.41, 5.74) is 0.253. The molecule has 0 spiro atoms. The Labute approximate surface area is 98.1 Å². The zero-order chi connectivity index (χ0) is 12.1. The summed E-state index contributed by atoms with van der Waals surface area (Å²) in [4.78, 5) is 17.7. The summed E-state index contributed by atoms with van der Waals surface area (Å²) in [6.45, 7) is 0.500. The number of aromatic amines is 1. The van der Waals surface area contributed by atoms with Crippen molar-refractivity contribution in [3.63, 3.8) is 0 Å². The Morgan fingerprint density at radius 3 is 2.71 bits per heavy atom. The van der Waals surface area contributed by atoms with Crippen LogP contribution in [0.15, 0.2) is 36.7 Å². The summed E-state index contributed by atoms with van der Waals surface area (Å²) >= 11 is 0. The number of benzene rings is 1. The van der Waals surface area contributed by atoms with E-state index in [4.69, 9.17) is 9.84 Å². The molecule has 5 heteroatoms. The number of aromatic carboxylic acids is 1. The molecule has 1 aromatic heterocycles. The minimum absolute atomic E-state index is 0.253. The average molecular weight is 232 g/mol. The third-order valence-corrected chi connectivity index (χ3v) is 2.26. The molecule has 0 atom stereocenters. The second-order valence-corrected chi connectivity index (χ2v) is 3.46. The van der Waals surface area contributed by atoms with Crippen LogP contribution in [0.5, 0.6) is 5.75 Å². The number of carboxylic acid groups (broad SMARTS) is 1. The number of hydrogen-bond acceptors (Lipinski definition) is 3. The Morgan fingerprint density at radius 2 is 2.12 bits per heavy atom. The molecule has 5 nitrogen and oxygen atoms in total. The van der Waals surface area contributed by atoms with Gasteiger partial charge >= 0.3 is 5.97 Å². The van der Waals surface area contributed by atoms with E-state index in [1.54, 1.807) is 24.5 Å². The van der Waals surface area contributed by atoms with Crippen LogP contribution in [-0.4, -0.2) is 27.7 Å². The van der Waals surface area contributed by atoms with E-state index in [1.807, 2.05) is 0 Å². The number of carboxylic acids is 1. The molecule has 0 amide bonds. The van der Waals surface area contributed by atoms with Crippen LogP contribution in [-0.2, 0) is 6.42 Å². The lowest BCUT2D eigenvalue weighted by Gasteiger charge is -2.04. The van der Waals surface area contributed by atoms with Gasteiger partial charge in [0.2, 0.25) is 0 Å². The van der Waals surface area contributed by atoms with Crippen LogP contribution in [0.2, 0.25) is 0 Å². The van der Waals surface area contributed by atoms with E-state index in [0.717, 1.165) is 5.82 Å². The minimum Gasteiger partial charge on any atom is -0.493 e. The van der Waals surface area contributed by atoms with E-state index >= 15 is 0 Å². The van der Waals surface area contributed by atoms with Crippen molar-refractivity contribution in [2.24, 2.45) is 0 Å². The van der Waals surface area contributed by atoms with Crippen LogP contribution in [0.4, 0.5) is 0 Å². The third-order valence-electron chi connectivity index (χ3n) is 2.26. The maximum Gasteiger partial charge on any atom is 0.335 e. The molecule has 17 heavy (non-hydrogen) atoms. The Kier molecular flexibility index (Phi) is 3.40. The van der Waals surface area contributed by atoms with Gasteiger partial charge in [0.1, 0.15) is 11.6 Å². The molecule has 2 N–H and O–H groups in total. The van der Waals surface area contributed by atoms with Gasteiger partial charge in [0.25, 0.3) is 0 Å². The highest BCUT2D eigenvalue weighted by molar-refractivity contribution is 5.87. The van der Waals surface area contributed by atoms with Crippen LogP contribution in [0.25, 0.3) is 0 Å². The Balaban J connectivity index is 1.85. The van der Waals surface area contributed by atoms with Gasteiger partial charge in [0.05, 0.1) is 12.2 Å². The SMILES string of the molecule is O=C(O)c1ccc(OCCc2ncc[nH]2)cc1. The molecule has 0 aliphatic rings. The van der Waals surface area contributed by atoms with Crippen LogP contribution in [0.1, 0.15) is 16.2 Å². The van der Waals surface area contributed by atoms with Gasteiger partial charge in [0.15, 0.2) is 0 Å². The number of carbonyl (C=O) groups is 1. The predicted octanol–water partition coefficient (Wildman–Crippen LogP) is 1.73. The molecule has 1 heterocycles. The zero-order valence-corrected chi connectivity index (χ0v) is 9.09. The summed E-state index contributed by atoms with van der Waals surface area (Å²) in [5, 5.41) is 8.72. The predicted molar refractivity (Wildman–Crippen MR) is 61.2 cm³/mol. The minimum atomic E-state index is -0.938. The molecule has 2 aromatic rings. The second-order valence-electron chi connectivity index (χ2n) is 3.46. The standard InChI is InChI=1S/C12H12N2O3/c15-12(16)9-1-3-10(4-2-9)17-8-5-11-13-6-7-14-11/h1-4,6-7H,5,8H2,(H,13,14)(H,15,16). The maximum atomic E-state index is 10.6. The van der Waals surface area contributed by atoms with Crippen LogP contribution >= 0.6 is 0 Å². The molecule has 0 aliphatic heterocycles. The molecular weight excluding hydrogens is 220 g/mol. The van der Waals surface area contributed by atoms with Gasteiger partial charge in [-0.2, -0.15) is 0 Å². The van der Waals surface area contributed by atoms with Crippen LogP contribution in [0.3, 0.4) is 0 Å². The lowest BCUT2D eigenvalue weighted by molar-refractivity contribution is 0.0697. The van der Waals surface area contributed by atoms with Crippen LogP contribution in [0, 0.1) is 0 Å². The van der Waals surface area contributed by atoms with Crippen molar-refractivity contribution in [1.29, 1.82) is 0 Å². The van der Waals surface area contributed by atoms with Crippen molar-refractivity contribution in [2.75, 3.05) is 6.61 Å². The monoisotopic (exact) mass is 232 g/mol. The van der Waals surface area contributed by atoms with Gasteiger partial charge in [-0.25, -0.2) is 9.78 Å². The van der Waals surface area contributed by atoms with Crippen molar-refractivity contribution in [2.45, 2.75) is 6.42 Å². The highest BCUT2D eigenvalue weighted by atomic mass is 16.5. The van der Waals surface area contributed by atoms with E-state index in [-0.39, 0.29) is 5.56 Å². The Bertz CT molecular complexity index is 477. The van der Waals surface area contributed by atoms with Gasteiger partial charge < -0.3 is 14.8 Å². The molecule has 88 valence electrons. The maximum absolute atomic E-state index is 10.6. The van der Waals surface area contributed by atoms with Crippen molar-refractivity contribution < 1.29 is 14.6 Å². The molecule has 2 rings (SSSR count). The van der Waals surface area contributed by atoms with Crippen molar-refractivity contribution in [3.05, 3.63) is 48.0 Å². The fourth-order valence-corrected chi connectivity index (χ4v) is 1.39. The molecule has 0 saturated heterocycles. The first-order valence-electron chi connectivity index (χ1n) is 5.20. The highest BCUT2D eigenvalue weighted by Crippen LogP contribution is 2.12. The largest absolute Gasteiger partial charge is 0.493 e. The molecule has 0 bridgehead atoms. The number of H-pyrrole nitrogens is 1. The van der Waals surface area contributed by atoms with Gasteiger partial charge in [-0.3, -0.25) is 0 Å². The number of hydrogen-bond donors (Lipinski definition) is 2. The number of imidazole rings is 1. The summed E-state index contributed by atoms with van der Waals surface area (Å²) in [6, 6.07) is 6.33. The number of ether oxygens (including phenoxy) is 1. The van der Waals surface area contributed by atoms with Gasteiger partial charge in [-0.05, 0) is 24.3 Å². The quantitative estimate of drug-likeness (QED) is 0.823. The fraction of sp³-hybridized carbons (Fsp3) is 0.167. The van der Waals surface area contributed by atoms with Crippen molar-refractivity contribution in [1.82, 2.24) is 9.97 Å². The molecule has 0 radical (unpaired) electrons. The summed E-state index contributed by atoms with van der Waals surface area (Å²) in [7, 11) is 0. The topological polar surface area (TPSA) is 75.2 Å². The summed E-state index contributed by atoms with van der Waals surface area (Å²) < 4.78 is 5.46. The first-order chi connectivity index (χ1) is 8.25. The van der Waals surface area contributed by atoms with Crippen molar-refractivity contribution in [3.8, 4) is 5.75 Å². The lowest BCUT2D eigenvalue weighted by atomic mass is 10.2. The average Bonchev–Trinajstić information content (AvgIpc) is 2.83. The van der Waals surface area contributed by atoms with E-state index in [0.29, 0.717) is 18.8 Å². The number of rotatable bonds is 5.